The van der Waals surface area contributed by atoms with E-state index in [2.05, 4.69) is 15.3 Å². The number of aliphatic hydroxyl groups excluding tert-OH is 1. The van der Waals surface area contributed by atoms with Gasteiger partial charge in [-0.25, -0.2) is 23.1 Å². The Balaban J connectivity index is 1.48. The summed E-state index contributed by atoms with van der Waals surface area (Å²) in [6, 6.07) is 0.534. The Morgan fingerprint density at radius 2 is 2.03 bits per heavy atom. The van der Waals surface area contributed by atoms with Crippen molar-refractivity contribution in [3.05, 3.63) is 47.2 Å². The van der Waals surface area contributed by atoms with E-state index in [-0.39, 0.29) is 28.5 Å². The van der Waals surface area contributed by atoms with E-state index in [9.17, 15) is 18.3 Å². The zero-order valence-corrected chi connectivity index (χ0v) is 16.8. The molecular formula is C21H22F3N5O2. The molecule has 3 heterocycles. The first-order chi connectivity index (χ1) is 14.9. The van der Waals surface area contributed by atoms with E-state index >= 15 is 0 Å². The van der Waals surface area contributed by atoms with Crippen LogP contribution in [0.4, 0.5) is 19.0 Å². The van der Waals surface area contributed by atoms with E-state index in [1.807, 2.05) is 6.92 Å². The fourth-order valence-corrected chi connectivity index (χ4v) is 4.75. The summed E-state index contributed by atoms with van der Waals surface area (Å²) in [6.45, 7) is 2.74. The first kappa shape index (κ1) is 20.1. The first-order valence-corrected chi connectivity index (χ1v) is 10.2. The monoisotopic (exact) mass is 433 g/mol. The van der Waals surface area contributed by atoms with Crippen LogP contribution in [-0.2, 0) is 13.0 Å². The fourth-order valence-electron chi connectivity index (χ4n) is 4.75. The molecule has 2 aliphatic rings. The van der Waals surface area contributed by atoms with Crippen LogP contribution in [0.2, 0.25) is 0 Å². The lowest BCUT2D eigenvalue weighted by Gasteiger charge is -2.25. The zero-order valence-electron chi connectivity index (χ0n) is 16.8. The van der Waals surface area contributed by atoms with Crippen LogP contribution >= 0.6 is 0 Å². The van der Waals surface area contributed by atoms with E-state index in [0.29, 0.717) is 37.1 Å². The van der Waals surface area contributed by atoms with Gasteiger partial charge in [0, 0.05) is 42.3 Å². The van der Waals surface area contributed by atoms with Crippen LogP contribution in [-0.4, -0.2) is 38.4 Å². The third kappa shape index (κ3) is 3.12. The average molecular weight is 433 g/mol. The van der Waals surface area contributed by atoms with Crippen molar-refractivity contribution in [2.75, 3.05) is 12.3 Å². The summed E-state index contributed by atoms with van der Waals surface area (Å²) in [5, 5.41) is 14.1. The van der Waals surface area contributed by atoms with Gasteiger partial charge in [-0.2, -0.15) is 0 Å². The van der Waals surface area contributed by atoms with Gasteiger partial charge in [-0.1, -0.05) is 6.92 Å². The van der Waals surface area contributed by atoms with Crippen molar-refractivity contribution in [3.8, 4) is 5.75 Å². The molecule has 3 aromatic rings. The summed E-state index contributed by atoms with van der Waals surface area (Å²) < 4.78 is 50.5. The molecule has 7 nitrogen and oxygen atoms in total. The highest BCUT2D eigenvalue weighted by Crippen LogP contribution is 2.41. The molecule has 1 fully saturated rings. The summed E-state index contributed by atoms with van der Waals surface area (Å²) in [5.41, 5.74) is 6.99. The molecule has 0 saturated heterocycles. The summed E-state index contributed by atoms with van der Waals surface area (Å²) in [5.74, 6) is -2.42. The molecule has 2 unspecified atom stereocenters. The standard InChI is InChI=1S/C21H22F3N5O2/c1-9-15(31-16-4-12(22)18(24)10-2-3-26-6-11(10)16)5-14(19(9)30)29-7-13(23)17-20(25)27-8-28-21(17)29/h4,7-9,14-15,19,26,30H,2-3,5-6H2,1H3,(H2,25,27,28)/t9-,14?,15?,19-/m1/s1. The molecule has 2 aromatic heterocycles. The number of aliphatic hydroxyl groups is 1. The van der Waals surface area contributed by atoms with Crippen LogP contribution in [0.3, 0.4) is 0 Å². The van der Waals surface area contributed by atoms with Crippen molar-refractivity contribution in [3.63, 3.8) is 0 Å². The van der Waals surface area contributed by atoms with E-state index in [0.717, 1.165) is 6.07 Å². The van der Waals surface area contributed by atoms with Crippen molar-refractivity contribution >= 4 is 16.9 Å². The van der Waals surface area contributed by atoms with Gasteiger partial charge in [0.15, 0.2) is 17.5 Å². The number of benzene rings is 1. The predicted molar refractivity (Wildman–Crippen MR) is 107 cm³/mol. The molecule has 164 valence electrons. The Bertz CT molecular complexity index is 1170. The minimum absolute atomic E-state index is 0.0236. The number of anilines is 1. The number of hydrogen-bond acceptors (Lipinski definition) is 6. The van der Waals surface area contributed by atoms with Crippen molar-refractivity contribution in [1.29, 1.82) is 0 Å². The van der Waals surface area contributed by atoms with Crippen LogP contribution in [0.5, 0.6) is 5.75 Å². The summed E-state index contributed by atoms with van der Waals surface area (Å²) >= 11 is 0. The smallest absolute Gasteiger partial charge is 0.162 e. The van der Waals surface area contributed by atoms with Gasteiger partial charge in [-0.3, -0.25) is 0 Å². The number of hydrogen-bond donors (Lipinski definition) is 3. The van der Waals surface area contributed by atoms with Crippen molar-refractivity contribution in [2.45, 2.75) is 44.6 Å². The Morgan fingerprint density at radius 3 is 2.84 bits per heavy atom. The van der Waals surface area contributed by atoms with E-state index in [1.165, 1.54) is 12.5 Å². The van der Waals surface area contributed by atoms with Gasteiger partial charge >= 0.3 is 0 Å². The van der Waals surface area contributed by atoms with Crippen LogP contribution in [0.25, 0.3) is 11.0 Å². The molecule has 0 radical (unpaired) electrons. The van der Waals surface area contributed by atoms with Gasteiger partial charge < -0.3 is 25.5 Å². The quantitative estimate of drug-likeness (QED) is 0.587. The maximum atomic E-state index is 14.5. The maximum Gasteiger partial charge on any atom is 0.162 e. The van der Waals surface area contributed by atoms with E-state index < -0.39 is 35.7 Å². The van der Waals surface area contributed by atoms with Gasteiger partial charge in [0.25, 0.3) is 0 Å². The lowest BCUT2D eigenvalue weighted by atomic mass is 9.98. The number of nitrogen functional groups attached to an aromatic ring is 1. The van der Waals surface area contributed by atoms with Gasteiger partial charge in [-0.05, 0) is 13.0 Å². The zero-order chi connectivity index (χ0) is 21.9. The fraction of sp³-hybridized carbons (Fsp3) is 0.429. The molecule has 1 aliphatic carbocycles. The minimum Gasteiger partial charge on any atom is -0.490 e. The molecule has 31 heavy (non-hydrogen) atoms. The molecule has 0 spiro atoms. The molecule has 1 aliphatic heterocycles. The molecule has 10 heteroatoms. The van der Waals surface area contributed by atoms with Gasteiger partial charge in [0.1, 0.15) is 29.6 Å². The number of nitrogens with two attached hydrogens (primary N) is 1. The highest BCUT2D eigenvalue weighted by Gasteiger charge is 2.43. The SMILES string of the molecule is C[C@@H]1C(Oc2cc(F)c(F)c3c2CNCC3)CC(n2cc(F)c3c(N)ncnc32)[C@@H]1O. The topological polar surface area (TPSA) is 98.2 Å². The van der Waals surface area contributed by atoms with Crippen LogP contribution in [0.15, 0.2) is 18.6 Å². The van der Waals surface area contributed by atoms with Crippen LogP contribution in [0.1, 0.15) is 30.5 Å². The molecule has 1 aromatic carbocycles. The highest BCUT2D eigenvalue weighted by atomic mass is 19.2. The van der Waals surface area contributed by atoms with Crippen molar-refractivity contribution in [2.24, 2.45) is 5.92 Å². The number of aromatic nitrogens is 3. The number of nitrogens with one attached hydrogen (secondary N) is 1. The van der Waals surface area contributed by atoms with Gasteiger partial charge in [0.2, 0.25) is 0 Å². The molecule has 4 atom stereocenters. The third-order valence-electron chi connectivity index (χ3n) is 6.47. The molecular weight excluding hydrogens is 411 g/mol. The van der Waals surface area contributed by atoms with Crippen molar-refractivity contribution in [1.82, 2.24) is 19.9 Å². The lowest BCUT2D eigenvalue weighted by molar-refractivity contribution is 0.0740. The van der Waals surface area contributed by atoms with Crippen LogP contribution < -0.4 is 15.8 Å². The van der Waals surface area contributed by atoms with Crippen molar-refractivity contribution < 1.29 is 23.0 Å². The number of nitrogens with zero attached hydrogens (tertiary/aromatic N) is 3. The Labute approximate surface area is 176 Å². The predicted octanol–water partition coefficient (Wildman–Crippen LogP) is 2.47. The largest absolute Gasteiger partial charge is 0.490 e. The average Bonchev–Trinajstić information content (AvgIpc) is 3.24. The number of fused-ring (bicyclic) bond motifs is 2. The highest BCUT2D eigenvalue weighted by molar-refractivity contribution is 5.86. The molecule has 1 saturated carbocycles. The minimum atomic E-state index is -0.955. The van der Waals surface area contributed by atoms with E-state index in [4.69, 9.17) is 10.5 Å². The molecule has 0 bridgehead atoms. The molecule has 0 amide bonds. The summed E-state index contributed by atoms with van der Waals surface area (Å²) in [6.07, 6.45) is 1.84. The normalized spacial score (nSPS) is 25.7. The number of ether oxygens (including phenoxy) is 1. The second-order valence-electron chi connectivity index (χ2n) is 8.21. The summed E-state index contributed by atoms with van der Waals surface area (Å²) in [4.78, 5) is 7.96. The van der Waals surface area contributed by atoms with E-state index in [1.54, 1.807) is 4.57 Å². The third-order valence-corrected chi connectivity index (χ3v) is 6.47. The maximum absolute atomic E-state index is 14.5. The summed E-state index contributed by atoms with van der Waals surface area (Å²) in [7, 11) is 0. The Hall–Kier alpha value is -2.85. The molecule has 5 rings (SSSR count). The Kier molecular flexibility index (Phi) is 4.78. The number of rotatable bonds is 3. The van der Waals surface area contributed by atoms with Gasteiger partial charge in [0.05, 0.1) is 17.5 Å². The van der Waals surface area contributed by atoms with Crippen LogP contribution in [0, 0.1) is 23.4 Å². The Morgan fingerprint density at radius 1 is 1.23 bits per heavy atom. The number of halogens is 3. The molecule has 4 N–H and O–H groups in total. The second kappa shape index (κ2) is 7.38. The second-order valence-corrected chi connectivity index (χ2v) is 8.21. The first-order valence-electron chi connectivity index (χ1n) is 10.2. The lowest BCUT2D eigenvalue weighted by Crippen LogP contribution is -2.29. The van der Waals surface area contributed by atoms with Gasteiger partial charge in [-0.15, -0.1) is 0 Å².